The molecule has 0 bridgehead atoms. The van der Waals surface area contributed by atoms with E-state index in [0.717, 1.165) is 0 Å². The van der Waals surface area contributed by atoms with Crippen molar-refractivity contribution in [3.8, 4) is 5.75 Å². The predicted octanol–water partition coefficient (Wildman–Crippen LogP) is 0.407. The third-order valence-corrected chi connectivity index (χ3v) is 1.39. The second-order valence-electron chi connectivity index (χ2n) is 2.79. The second-order valence-corrected chi connectivity index (χ2v) is 2.79. The average molecular weight is 169 g/mol. The van der Waals surface area contributed by atoms with Crippen molar-refractivity contribution < 1.29 is 9.52 Å². The van der Waals surface area contributed by atoms with Crippen LogP contribution in [0.2, 0.25) is 0 Å². The Labute approximate surface area is 70.0 Å². The Morgan fingerprint density at radius 2 is 2.25 bits per heavy atom. The lowest BCUT2D eigenvalue weighted by molar-refractivity contribution is 0.319. The van der Waals surface area contributed by atoms with Crippen LogP contribution in [0.5, 0.6) is 5.75 Å². The van der Waals surface area contributed by atoms with Gasteiger partial charge in [-0.25, -0.2) is 0 Å². The minimum Gasteiger partial charge on any atom is -0.502 e. The molecule has 0 saturated carbocycles. The molecular formula is C8H11NO3. The van der Waals surface area contributed by atoms with Crippen molar-refractivity contribution in [2.24, 2.45) is 0 Å². The monoisotopic (exact) mass is 169 g/mol. The average Bonchev–Trinajstić information content (AvgIpc) is 1.98. The highest BCUT2D eigenvalue weighted by Crippen LogP contribution is 2.11. The van der Waals surface area contributed by atoms with Crippen molar-refractivity contribution in [3.63, 3.8) is 0 Å². The normalized spacial score (nSPS) is 10.6. The van der Waals surface area contributed by atoms with E-state index >= 15 is 0 Å². The molecule has 1 heterocycles. The summed E-state index contributed by atoms with van der Waals surface area (Å²) in [5, 5.41) is 9.21. The maximum absolute atomic E-state index is 10.9. The molecule has 4 heteroatoms. The Balaban J connectivity index is 3.00. The van der Waals surface area contributed by atoms with Gasteiger partial charge in [0, 0.05) is 6.07 Å². The Morgan fingerprint density at radius 3 is 2.83 bits per heavy atom. The molecule has 0 aromatic carbocycles. The van der Waals surface area contributed by atoms with Crippen LogP contribution in [-0.2, 0) is 6.54 Å². The first-order chi connectivity index (χ1) is 5.61. The van der Waals surface area contributed by atoms with E-state index in [2.05, 4.69) is 0 Å². The first-order valence-corrected chi connectivity index (χ1v) is 3.55. The van der Waals surface area contributed by atoms with E-state index in [9.17, 15) is 9.90 Å². The predicted molar refractivity (Wildman–Crippen MR) is 44.0 cm³/mol. The van der Waals surface area contributed by atoms with Gasteiger partial charge in [-0.2, -0.15) is 0 Å². The van der Waals surface area contributed by atoms with Gasteiger partial charge in [-0.3, -0.25) is 4.79 Å². The molecule has 12 heavy (non-hydrogen) atoms. The lowest BCUT2D eigenvalue weighted by Gasteiger charge is -2.08. The molecule has 0 aliphatic rings. The van der Waals surface area contributed by atoms with Gasteiger partial charge in [0.25, 0.3) is 0 Å². The summed E-state index contributed by atoms with van der Waals surface area (Å²) >= 11 is 0. The first-order valence-electron chi connectivity index (χ1n) is 3.55. The van der Waals surface area contributed by atoms with E-state index in [-0.39, 0.29) is 5.75 Å². The highest BCUT2D eigenvalue weighted by Gasteiger charge is 2.07. The number of hydrogen-bond donors (Lipinski definition) is 1. The molecule has 0 spiro atoms. The van der Waals surface area contributed by atoms with E-state index in [1.54, 1.807) is 4.90 Å². The Morgan fingerprint density at radius 1 is 1.58 bits per heavy atom. The van der Waals surface area contributed by atoms with Crippen molar-refractivity contribution >= 4 is 0 Å². The largest absolute Gasteiger partial charge is 0.502 e. The summed E-state index contributed by atoms with van der Waals surface area (Å²) in [6.07, 6.45) is 1.28. The minimum atomic E-state index is -0.405. The van der Waals surface area contributed by atoms with E-state index in [0.29, 0.717) is 12.3 Å². The van der Waals surface area contributed by atoms with Crippen LogP contribution in [0, 0.1) is 0 Å². The molecule has 0 amide bonds. The maximum atomic E-state index is 10.9. The minimum absolute atomic E-state index is 0.299. The van der Waals surface area contributed by atoms with Gasteiger partial charge < -0.3 is 14.4 Å². The van der Waals surface area contributed by atoms with Crippen LogP contribution >= 0.6 is 0 Å². The van der Waals surface area contributed by atoms with Crippen molar-refractivity contribution in [2.45, 2.75) is 6.54 Å². The van der Waals surface area contributed by atoms with E-state index in [1.807, 2.05) is 14.1 Å². The van der Waals surface area contributed by atoms with Gasteiger partial charge in [-0.15, -0.1) is 0 Å². The number of hydrogen-bond acceptors (Lipinski definition) is 4. The van der Waals surface area contributed by atoms with E-state index in [4.69, 9.17) is 4.42 Å². The molecule has 1 aromatic rings. The van der Waals surface area contributed by atoms with Crippen LogP contribution in [-0.4, -0.2) is 24.1 Å². The third-order valence-electron chi connectivity index (χ3n) is 1.39. The summed E-state index contributed by atoms with van der Waals surface area (Å²) in [6, 6.07) is 1.19. The van der Waals surface area contributed by atoms with Gasteiger partial charge in [0.15, 0.2) is 5.76 Å². The van der Waals surface area contributed by atoms with E-state index < -0.39 is 5.43 Å². The third kappa shape index (κ3) is 1.85. The van der Waals surface area contributed by atoms with E-state index in [1.165, 1.54) is 12.3 Å². The van der Waals surface area contributed by atoms with Crippen LogP contribution in [0.1, 0.15) is 5.76 Å². The fourth-order valence-corrected chi connectivity index (χ4v) is 0.849. The van der Waals surface area contributed by atoms with Crippen LogP contribution in [0.15, 0.2) is 21.5 Å². The number of nitrogens with zero attached hydrogens (tertiary/aromatic N) is 1. The second kappa shape index (κ2) is 3.40. The first kappa shape index (κ1) is 8.80. The van der Waals surface area contributed by atoms with Crippen molar-refractivity contribution in [2.75, 3.05) is 14.1 Å². The van der Waals surface area contributed by atoms with Crippen molar-refractivity contribution in [1.29, 1.82) is 0 Å². The fraction of sp³-hybridized carbons (Fsp3) is 0.375. The Bertz CT molecular complexity index is 316. The summed E-state index contributed by atoms with van der Waals surface area (Å²) in [6.45, 7) is 0.419. The van der Waals surface area contributed by atoms with Crippen LogP contribution in [0.25, 0.3) is 0 Å². The lowest BCUT2D eigenvalue weighted by Crippen LogP contribution is -2.12. The zero-order valence-corrected chi connectivity index (χ0v) is 7.07. The molecular weight excluding hydrogens is 158 g/mol. The fourth-order valence-electron chi connectivity index (χ4n) is 0.849. The summed E-state index contributed by atoms with van der Waals surface area (Å²) in [5.41, 5.74) is -0.405. The van der Waals surface area contributed by atoms with Gasteiger partial charge in [-0.05, 0) is 14.1 Å². The van der Waals surface area contributed by atoms with Gasteiger partial charge in [0.1, 0.15) is 0 Å². The van der Waals surface area contributed by atoms with Crippen LogP contribution in [0.3, 0.4) is 0 Å². The summed E-state index contributed by atoms with van der Waals surface area (Å²) in [4.78, 5) is 12.7. The molecule has 0 radical (unpaired) electrons. The molecule has 1 N–H and O–H groups in total. The number of aromatic hydroxyl groups is 1. The summed E-state index contributed by atoms with van der Waals surface area (Å²) in [7, 11) is 3.65. The Kier molecular flexibility index (Phi) is 2.50. The van der Waals surface area contributed by atoms with Crippen LogP contribution in [0.4, 0.5) is 0 Å². The van der Waals surface area contributed by atoms with Crippen LogP contribution < -0.4 is 5.43 Å². The topological polar surface area (TPSA) is 53.7 Å². The van der Waals surface area contributed by atoms with Crippen molar-refractivity contribution in [3.05, 3.63) is 28.3 Å². The Hall–Kier alpha value is -1.29. The van der Waals surface area contributed by atoms with Gasteiger partial charge >= 0.3 is 0 Å². The molecule has 0 unspecified atom stereocenters. The zero-order valence-electron chi connectivity index (χ0n) is 7.07. The SMILES string of the molecule is CN(C)Cc1occc(=O)c1O. The molecule has 1 aromatic heterocycles. The highest BCUT2D eigenvalue weighted by molar-refractivity contribution is 5.22. The molecule has 66 valence electrons. The van der Waals surface area contributed by atoms with Gasteiger partial charge in [-0.1, -0.05) is 0 Å². The van der Waals surface area contributed by atoms with Gasteiger partial charge in [0.05, 0.1) is 12.8 Å². The number of rotatable bonds is 2. The van der Waals surface area contributed by atoms with Gasteiger partial charge in [0.2, 0.25) is 11.2 Å². The standard InChI is InChI=1S/C8H11NO3/c1-9(2)5-7-8(11)6(10)3-4-12-7/h3-4,11H,5H2,1-2H3. The summed E-state index contributed by atoms with van der Waals surface area (Å²) in [5.74, 6) is -0.00120. The molecule has 1 rings (SSSR count). The molecule has 4 nitrogen and oxygen atoms in total. The summed E-state index contributed by atoms with van der Waals surface area (Å²) < 4.78 is 4.96. The molecule has 0 aliphatic heterocycles. The molecule has 0 atom stereocenters. The maximum Gasteiger partial charge on any atom is 0.226 e. The lowest BCUT2D eigenvalue weighted by atomic mass is 10.3. The quantitative estimate of drug-likeness (QED) is 0.696. The molecule has 0 aliphatic carbocycles. The smallest absolute Gasteiger partial charge is 0.226 e. The van der Waals surface area contributed by atoms with Crippen molar-refractivity contribution in [1.82, 2.24) is 4.90 Å². The highest BCUT2D eigenvalue weighted by atomic mass is 16.4. The zero-order chi connectivity index (χ0) is 9.14. The molecule has 0 saturated heterocycles. The molecule has 0 fully saturated rings.